The van der Waals surface area contributed by atoms with Crippen molar-refractivity contribution in [3.05, 3.63) is 0 Å². The number of amides is 1. The Morgan fingerprint density at radius 3 is 2.68 bits per heavy atom. The molecule has 5 nitrogen and oxygen atoms in total. The SMILES string of the molecule is O=C(CC1CCCCO1)N1CC(N2CCNCC2)C1. The summed E-state index contributed by atoms with van der Waals surface area (Å²) in [6.45, 7) is 7.09. The third kappa shape index (κ3) is 3.27. The predicted molar refractivity (Wildman–Crippen MR) is 73.0 cm³/mol. The molecule has 1 atom stereocenters. The molecule has 3 saturated heterocycles. The first-order chi connectivity index (χ1) is 9.33. The number of carbonyl (C=O) groups excluding carboxylic acids is 1. The van der Waals surface area contributed by atoms with Crippen molar-refractivity contribution >= 4 is 5.91 Å². The van der Waals surface area contributed by atoms with Crippen LogP contribution in [0.25, 0.3) is 0 Å². The molecule has 0 aromatic rings. The van der Waals surface area contributed by atoms with Gasteiger partial charge in [-0.05, 0) is 19.3 Å². The van der Waals surface area contributed by atoms with Crippen LogP contribution in [0.5, 0.6) is 0 Å². The van der Waals surface area contributed by atoms with E-state index in [1.807, 2.05) is 4.90 Å². The lowest BCUT2D eigenvalue weighted by Gasteiger charge is -2.47. The Bertz CT molecular complexity index is 306. The van der Waals surface area contributed by atoms with Crippen LogP contribution in [0.1, 0.15) is 25.7 Å². The molecule has 19 heavy (non-hydrogen) atoms. The molecule has 1 N–H and O–H groups in total. The summed E-state index contributed by atoms with van der Waals surface area (Å²) < 4.78 is 5.64. The summed E-state index contributed by atoms with van der Waals surface area (Å²) in [6.07, 6.45) is 4.19. The van der Waals surface area contributed by atoms with Crippen LogP contribution in [-0.2, 0) is 9.53 Å². The predicted octanol–water partition coefficient (Wildman–Crippen LogP) is 0.0616. The maximum absolute atomic E-state index is 12.1. The molecule has 3 aliphatic rings. The zero-order valence-corrected chi connectivity index (χ0v) is 11.6. The summed E-state index contributed by atoms with van der Waals surface area (Å²) in [5.41, 5.74) is 0. The van der Waals surface area contributed by atoms with Crippen LogP contribution in [0.2, 0.25) is 0 Å². The van der Waals surface area contributed by atoms with Crippen molar-refractivity contribution in [1.82, 2.24) is 15.1 Å². The third-order valence-corrected chi connectivity index (χ3v) is 4.56. The van der Waals surface area contributed by atoms with Gasteiger partial charge in [0.25, 0.3) is 0 Å². The molecule has 0 aliphatic carbocycles. The molecular formula is C14H25N3O2. The fourth-order valence-corrected chi connectivity index (χ4v) is 3.23. The maximum atomic E-state index is 12.1. The van der Waals surface area contributed by atoms with Gasteiger partial charge in [-0.25, -0.2) is 0 Å². The van der Waals surface area contributed by atoms with Crippen LogP contribution >= 0.6 is 0 Å². The minimum Gasteiger partial charge on any atom is -0.378 e. The van der Waals surface area contributed by atoms with E-state index in [0.29, 0.717) is 18.4 Å². The molecule has 3 heterocycles. The first-order valence-corrected chi connectivity index (χ1v) is 7.67. The zero-order valence-electron chi connectivity index (χ0n) is 11.6. The van der Waals surface area contributed by atoms with Gasteiger partial charge in [0.2, 0.25) is 5.91 Å². The summed E-state index contributed by atoms with van der Waals surface area (Å²) in [6, 6.07) is 0.596. The number of ether oxygens (including phenoxy) is 1. The van der Waals surface area contributed by atoms with Crippen LogP contribution in [0.4, 0.5) is 0 Å². The minimum atomic E-state index is 0.180. The van der Waals surface area contributed by atoms with Crippen molar-refractivity contribution in [3.8, 4) is 0 Å². The minimum absolute atomic E-state index is 0.180. The molecule has 108 valence electrons. The summed E-state index contributed by atoms with van der Waals surface area (Å²) in [4.78, 5) is 16.7. The molecule has 0 spiro atoms. The number of rotatable bonds is 3. The smallest absolute Gasteiger partial charge is 0.225 e. The van der Waals surface area contributed by atoms with E-state index in [9.17, 15) is 4.79 Å². The van der Waals surface area contributed by atoms with Crippen molar-refractivity contribution in [1.29, 1.82) is 0 Å². The number of nitrogens with one attached hydrogen (secondary N) is 1. The molecule has 0 saturated carbocycles. The largest absolute Gasteiger partial charge is 0.378 e. The Morgan fingerprint density at radius 1 is 1.21 bits per heavy atom. The van der Waals surface area contributed by atoms with E-state index < -0.39 is 0 Å². The highest BCUT2D eigenvalue weighted by atomic mass is 16.5. The highest BCUT2D eigenvalue weighted by Crippen LogP contribution is 2.20. The van der Waals surface area contributed by atoms with Gasteiger partial charge in [0.15, 0.2) is 0 Å². The van der Waals surface area contributed by atoms with Crippen LogP contribution in [0.3, 0.4) is 0 Å². The van der Waals surface area contributed by atoms with Crippen molar-refractivity contribution in [2.24, 2.45) is 0 Å². The van der Waals surface area contributed by atoms with Crippen molar-refractivity contribution in [3.63, 3.8) is 0 Å². The quantitative estimate of drug-likeness (QED) is 0.785. The number of likely N-dealkylation sites (tertiary alicyclic amines) is 1. The van der Waals surface area contributed by atoms with Crippen molar-refractivity contribution in [2.75, 3.05) is 45.9 Å². The molecule has 0 bridgehead atoms. The van der Waals surface area contributed by atoms with Gasteiger partial charge in [-0.2, -0.15) is 0 Å². The van der Waals surface area contributed by atoms with Gasteiger partial charge in [-0.15, -0.1) is 0 Å². The van der Waals surface area contributed by atoms with Crippen molar-refractivity contribution in [2.45, 2.75) is 37.8 Å². The Kier molecular flexibility index (Phi) is 4.35. The molecule has 0 aromatic heterocycles. The van der Waals surface area contributed by atoms with E-state index in [1.165, 1.54) is 6.42 Å². The first-order valence-electron chi connectivity index (χ1n) is 7.67. The fourth-order valence-electron chi connectivity index (χ4n) is 3.23. The maximum Gasteiger partial charge on any atom is 0.225 e. The van der Waals surface area contributed by atoms with Gasteiger partial charge < -0.3 is 15.0 Å². The monoisotopic (exact) mass is 267 g/mol. The van der Waals surface area contributed by atoms with Crippen molar-refractivity contribution < 1.29 is 9.53 Å². The fraction of sp³-hybridized carbons (Fsp3) is 0.929. The molecule has 3 rings (SSSR count). The molecule has 1 unspecified atom stereocenters. The molecule has 3 aliphatic heterocycles. The molecular weight excluding hydrogens is 242 g/mol. The average Bonchev–Trinajstić information content (AvgIpc) is 2.39. The van der Waals surface area contributed by atoms with Gasteiger partial charge >= 0.3 is 0 Å². The van der Waals surface area contributed by atoms with E-state index in [4.69, 9.17) is 4.74 Å². The van der Waals surface area contributed by atoms with Gasteiger partial charge in [-0.1, -0.05) is 0 Å². The van der Waals surface area contributed by atoms with Gasteiger partial charge in [-0.3, -0.25) is 9.69 Å². The molecule has 3 fully saturated rings. The topological polar surface area (TPSA) is 44.8 Å². The molecule has 5 heteroatoms. The standard InChI is InChI=1S/C14H25N3O2/c18-14(9-13-3-1-2-8-19-13)17-10-12(11-17)16-6-4-15-5-7-16/h12-13,15H,1-11H2. The van der Waals surface area contributed by atoms with Gasteiger partial charge in [0.1, 0.15) is 0 Å². The number of carbonyl (C=O) groups is 1. The van der Waals surface area contributed by atoms with Crippen LogP contribution < -0.4 is 5.32 Å². The lowest BCUT2D eigenvalue weighted by Crippen LogP contribution is -2.64. The van der Waals surface area contributed by atoms with E-state index in [1.54, 1.807) is 0 Å². The molecule has 0 radical (unpaired) electrons. The van der Waals surface area contributed by atoms with E-state index in [-0.39, 0.29) is 6.10 Å². The van der Waals surface area contributed by atoms with Gasteiger partial charge in [0, 0.05) is 51.9 Å². The Morgan fingerprint density at radius 2 is 2.00 bits per heavy atom. The van der Waals surface area contributed by atoms with Crippen LogP contribution in [0, 0.1) is 0 Å². The molecule has 0 aromatic carbocycles. The number of nitrogens with zero attached hydrogens (tertiary/aromatic N) is 2. The highest BCUT2D eigenvalue weighted by Gasteiger charge is 2.35. The van der Waals surface area contributed by atoms with E-state index in [0.717, 1.165) is 58.7 Å². The lowest BCUT2D eigenvalue weighted by molar-refractivity contribution is -0.142. The normalized spacial score (nSPS) is 30.1. The van der Waals surface area contributed by atoms with E-state index >= 15 is 0 Å². The Balaban J connectivity index is 1.38. The summed E-state index contributed by atoms with van der Waals surface area (Å²) in [7, 11) is 0. The van der Waals surface area contributed by atoms with Crippen LogP contribution in [0.15, 0.2) is 0 Å². The highest BCUT2D eigenvalue weighted by molar-refractivity contribution is 5.77. The van der Waals surface area contributed by atoms with Crippen LogP contribution in [-0.4, -0.2) is 73.7 Å². The molecule has 1 amide bonds. The second-order valence-corrected chi connectivity index (χ2v) is 5.93. The Labute approximate surface area is 115 Å². The Hall–Kier alpha value is -0.650. The average molecular weight is 267 g/mol. The summed E-state index contributed by atoms with van der Waals surface area (Å²) in [5, 5.41) is 3.37. The first kappa shape index (κ1) is 13.3. The van der Waals surface area contributed by atoms with Gasteiger partial charge in [0.05, 0.1) is 12.5 Å². The lowest BCUT2D eigenvalue weighted by atomic mass is 10.0. The third-order valence-electron chi connectivity index (χ3n) is 4.56. The number of piperazine rings is 1. The second-order valence-electron chi connectivity index (χ2n) is 5.93. The van der Waals surface area contributed by atoms with E-state index in [2.05, 4.69) is 10.2 Å². The number of hydrogen-bond acceptors (Lipinski definition) is 4. The summed E-state index contributed by atoms with van der Waals surface area (Å²) in [5.74, 6) is 0.290. The second kappa shape index (κ2) is 6.20. The summed E-state index contributed by atoms with van der Waals surface area (Å²) >= 11 is 0. The number of hydrogen-bond donors (Lipinski definition) is 1. The zero-order chi connectivity index (χ0) is 13.1.